The van der Waals surface area contributed by atoms with Crippen LogP contribution in [0.25, 0.3) is 0 Å². The summed E-state index contributed by atoms with van der Waals surface area (Å²) in [6.07, 6.45) is 0. The van der Waals surface area contributed by atoms with Gasteiger partial charge in [-0.3, -0.25) is 19.3 Å². The molecule has 106 valence electrons. The largest absolute Gasteiger partial charge is 0.329 e. The van der Waals surface area contributed by atoms with Crippen LogP contribution in [-0.2, 0) is 6.54 Å². The van der Waals surface area contributed by atoms with E-state index in [-0.39, 0.29) is 23.2 Å². The molecule has 0 atom stereocenters. The van der Waals surface area contributed by atoms with Crippen molar-refractivity contribution in [2.75, 3.05) is 0 Å². The topological polar surface area (TPSA) is 67.8 Å². The predicted molar refractivity (Wildman–Crippen MR) is 78.5 cm³/mol. The molecule has 0 aliphatic heterocycles. The molecule has 0 unspecified atom stereocenters. The van der Waals surface area contributed by atoms with Crippen LogP contribution >= 0.6 is 11.6 Å². The van der Waals surface area contributed by atoms with Gasteiger partial charge in [-0.2, -0.15) is 0 Å². The Morgan fingerprint density at radius 2 is 2.05 bits per heavy atom. The lowest BCUT2D eigenvalue weighted by atomic mass is 10.1. The molecule has 2 aromatic rings. The van der Waals surface area contributed by atoms with Gasteiger partial charge < -0.3 is 0 Å². The van der Waals surface area contributed by atoms with Crippen LogP contribution in [0.3, 0.4) is 0 Å². The van der Waals surface area contributed by atoms with Gasteiger partial charge in [0, 0.05) is 5.69 Å². The molecule has 0 radical (unpaired) electrons. The molecular formula is C14H16ClN3O2. The zero-order chi connectivity index (χ0) is 14.9. The number of nitrogens with one attached hydrogen (secondary N) is 1. The summed E-state index contributed by atoms with van der Waals surface area (Å²) in [5.74, 6) is -0.0661. The van der Waals surface area contributed by atoms with Gasteiger partial charge in [-0.05, 0) is 25.0 Å². The SMILES string of the molecule is Cc1cccc(Cn2c(=O)[nH]c(Cl)c(C(C)C)c2=O)n1. The number of halogens is 1. The fourth-order valence-electron chi connectivity index (χ4n) is 2.05. The summed E-state index contributed by atoms with van der Waals surface area (Å²) in [6, 6.07) is 5.48. The van der Waals surface area contributed by atoms with Gasteiger partial charge >= 0.3 is 5.69 Å². The first kappa shape index (κ1) is 14.5. The summed E-state index contributed by atoms with van der Waals surface area (Å²) in [5, 5.41) is 0.114. The van der Waals surface area contributed by atoms with Crippen LogP contribution in [0.15, 0.2) is 27.8 Å². The maximum atomic E-state index is 12.4. The van der Waals surface area contributed by atoms with E-state index in [2.05, 4.69) is 9.97 Å². The number of hydrogen-bond acceptors (Lipinski definition) is 3. The average molecular weight is 294 g/mol. The van der Waals surface area contributed by atoms with Crippen molar-refractivity contribution in [3.05, 3.63) is 61.1 Å². The Hall–Kier alpha value is -1.88. The second kappa shape index (κ2) is 5.63. The molecule has 0 aromatic carbocycles. The summed E-state index contributed by atoms with van der Waals surface area (Å²) in [7, 11) is 0. The Morgan fingerprint density at radius 1 is 1.35 bits per heavy atom. The number of aromatic nitrogens is 3. The monoisotopic (exact) mass is 293 g/mol. The van der Waals surface area contributed by atoms with Crippen LogP contribution in [0.1, 0.15) is 36.7 Å². The van der Waals surface area contributed by atoms with Gasteiger partial charge in [0.15, 0.2) is 0 Å². The molecule has 2 heterocycles. The molecule has 20 heavy (non-hydrogen) atoms. The molecule has 2 aromatic heterocycles. The van der Waals surface area contributed by atoms with Crippen LogP contribution in [0.4, 0.5) is 0 Å². The van der Waals surface area contributed by atoms with Crippen LogP contribution < -0.4 is 11.2 Å². The number of nitrogens with zero attached hydrogens (tertiary/aromatic N) is 2. The molecule has 1 N–H and O–H groups in total. The summed E-state index contributed by atoms with van der Waals surface area (Å²) in [5.41, 5.74) is 1.03. The van der Waals surface area contributed by atoms with E-state index < -0.39 is 5.69 Å². The van der Waals surface area contributed by atoms with E-state index in [1.54, 1.807) is 6.07 Å². The fraction of sp³-hybridized carbons (Fsp3) is 0.357. The number of hydrogen-bond donors (Lipinski definition) is 1. The van der Waals surface area contributed by atoms with E-state index in [0.29, 0.717) is 11.3 Å². The number of aryl methyl sites for hydroxylation is 1. The molecule has 0 spiro atoms. The molecule has 0 amide bonds. The minimum Gasteiger partial charge on any atom is -0.297 e. The lowest BCUT2D eigenvalue weighted by Gasteiger charge is -2.11. The van der Waals surface area contributed by atoms with Crippen molar-refractivity contribution < 1.29 is 0 Å². The van der Waals surface area contributed by atoms with E-state index in [0.717, 1.165) is 10.3 Å². The van der Waals surface area contributed by atoms with E-state index >= 15 is 0 Å². The van der Waals surface area contributed by atoms with Gasteiger partial charge in [0.25, 0.3) is 5.56 Å². The van der Waals surface area contributed by atoms with E-state index in [1.807, 2.05) is 32.9 Å². The maximum absolute atomic E-state index is 12.4. The fourth-order valence-corrected chi connectivity index (χ4v) is 2.43. The number of aromatic amines is 1. The molecule has 0 saturated heterocycles. The second-order valence-corrected chi connectivity index (χ2v) is 5.35. The molecule has 2 rings (SSSR count). The minimum atomic E-state index is -0.521. The van der Waals surface area contributed by atoms with Crippen molar-refractivity contribution in [3.63, 3.8) is 0 Å². The standard InChI is InChI=1S/C14H16ClN3O2/c1-8(2)11-12(15)17-14(20)18(13(11)19)7-10-6-4-5-9(3)16-10/h4-6,8H,7H2,1-3H3,(H,17,20). The summed E-state index contributed by atoms with van der Waals surface area (Å²) in [6.45, 7) is 5.71. The number of rotatable bonds is 3. The molecular weight excluding hydrogens is 278 g/mol. The van der Waals surface area contributed by atoms with Crippen molar-refractivity contribution in [3.8, 4) is 0 Å². The zero-order valence-electron chi connectivity index (χ0n) is 11.6. The normalized spacial score (nSPS) is 11.1. The van der Waals surface area contributed by atoms with Crippen molar-refractivity contribution in [2.45, 2.75) is 33.2 Å². The first-order valence-electron chi connectivity index (χ1n) is 6.35. The molecule has 0 bridgehead atoms. The zero-order valence-corrected chi connectivity index (χ0v) is 12.4. The molecule has 0 aliphatic rings. The Kier molecular flexibility index (Phi) is 4.09. The predicted octanol–water partition coefficient (Wildman–Crippen LogP) is 2.07. The number of H-pyrrole nitrogens is 1. The summed E-state index contributed by atoms with van der Waals surface area (Å²) >= 11 is 5.95. The molecule has 0 fully saturated rings. The summed E-state index contributed by atoms with van der Waals surface area (Å²) in [4.78, 5) is 31.1. The first-order valence-corrected chi connectivity index (χ1v) is 6.73. The second-order valence-electron chi connectivity index (χ2n) is 4.97. The maximum Gasteiger partial charge on any atom is 0.329 e. The van der Waals surface area contributed by atoms with Gasteiger partial charge in [0.05, 0.1) is 17.8 Å². The van der Waals surface area contributed by atoms with Crippen molar-refractivity contribution >= 4 is 11.6 Å². The Balaban J connectivity index is 2.55. The first-order chi connectivity index (χ1) is 9.40. The minimum absolute atomic E-state index is 0.0661. The Morgan fingerprint density at radius 3 is 2.65 bits per heavy atom. The summed E-state index contributed by atoms with van der Waals surface area (Å²) < 4.78 is 1.13. The van der Waals surface area contributed by atoms with Crippen LogP contribution in [0.2, 0.25) is 5.15 Å². The highest BCUT2D eigenvalue weighted by molar-refractivity contribution is 6.30. The van der Waals surface area contributed by atoms with Crippen molar-refractivity contribution in [2.24, 2.45) is 0 Å². The van der Waals surface area contributed by atoms with Gasteiger partial charge in [-0.15, -0.1) is 0 Å². The third-order valence-corrected chi connectivity index (χ3v) is 3.32. The van der Waals surface area contributed by atoms with Gasteiger partial charge in [-0.25, -0.2) is 4.79 Å². The van der Waals surface area contributed by atoms with Gasteiger partial charge in [0.2, 0.25) is 0 Å². The highest BCUT2D eigenvalue weighted by Crippen LogP contribution is 2.16. The quantitative estimate of drug-likeness (QED) is 0.881. The molecule has 5 nitrogen and oxygen atoms in total. The molecule has 0 aliphatic carbocycles. The Bertz CT molecular complexity index is 747. The highest BCUT2D eigenvalue weighted by atomic mass is 35.5. The van der Waals surface area contributed by atoms with Crippen LogP contribution in [0.5, 0.6) is 0 Å². The molecule has 0 saturated carbocycles. The molecule has 6 heteroatoms. The van der Waals surface area contributed by atoms with Crippen molar-refractivity contribution in [1.82, 2.24) is 14.5 Å². The van der Waals surface area contributed by atoms with Crippen LogP contribution in [-0.4, -0.2) is 14.5 Å². The third kappa shape index (κ3) is 2.82. The lowest BCUT2D eigenvalue weighted by molar-refractivity contribution is 0.658. The third-order valence-electron chi connectivity index (χ3n) is 3.02. The van der Waals surface area contributed by atoms with E-state index in [4.69, 9.17) is 11.6 Å². The lowest BCUT2D eigenvalue weighted by Crippen LogP contribution is -2.38. The smallest absolute Gasteiger partial charge is 0.297 e. The average Bonchev–Trinajstić information content (AvgIpc) is 2.33. The Labute approximate surface area is 121 Å². The van der Waals surface area contributed by atoms with Crippen molar-refractivity contribution in [1.29, 1.82) is 0 Å². The van der Waals surface area contributed by atoms with E-state index in [1.165, 1.54) is 0 Å². The highest BCUT2D eigenvalue weighted by Gasteiger charge is 2.16. The van der Waals surface area contributed by atoms with Crippen LogP contribution in [0, 0.1) is 6.92 Å². The number of pyridine rings is 1. The van der Waals surface area contributed by atoms with Gasteiger partial charge in [-0.1, -0.05) is 31.5 Å². The van der Waals surface area contributed by atoms with E-state index in [9.17, 15) is 9.59 Å². The van der Waals surface area contributed by atoms with Gasteiger partial charge in [0.1, 0.15) is 5.15 Å².